The highest BCUT2D eigenvalue weighted by molar-refractivity contribution is 6.30. The molecular weight excluding hydrogens is 397 g/mol. The summed E-state index contributed by atoms with van der Waals surface area (Å²) in [6.45, 7) is 0.513. The molecule has 0 radical (unpaired) electrons. The van der Waals surface area contributed by atoms with E-state index >= 15 is 0 Å². The standard InChI is InChI=1S/C21H19ClFN3O3/c22-15-6-10-17(11-7-15)28-13-19(27)26-12-2-1-3-18(26)21-24-20(25-29-21)14-4-8-16(23)9-5-14/h4-11,18H,1-3,12-13H2. The van der Waals surface area contributed by atoms with E-state index in [2.05, 4.69) is 10.1 Å². The molecule has 0 N–H and O–H groups in total. The Morgan fingerprint density at radius 2 is 1.93 bits per heavy atom. The van der Waals surface area contributed by atoms with E-state index in [1.54, 1.807) is 41.3 Å². The Morgan fingerprint density at radius 3 is 2.69 bits per heavy atom. The van der Waals surface area contributed by atoms with Crippen molar-refractivity contribution in [1.82, 2.24) is 15.0 Å². The van der Waals surface area contributed by atoms with E-state index in [0.29, 0.717) is 34.6 Å². The predicted molar refractivity (Wildman–Crippen MR) is 105 cm³/mol. The van der Waals surface area contributed by atoms with Crippen molar-refractivity contribution in [1.29, 1.82) is 0 Å². The second-order valence-corrected chi connectivity index (χ2v) is 7.24. The van der Waals surface area contributed by atoms with Gasteiger partial charge in [-0.05, 0) is 67.8 Å². The summed E-state index contributed by atoms with van der Waals surface area (Å²) < 4.78 is 24.2. The van der Waals surface area contributed by atoms with Crippen molar-refractivity contribution in [3.8, 4) is 17.1 Å². The number of piperidine rings is 1. The fraction of sp³-hybridized carbons (Fsp3) is 0.286. The largest absolute Gasteiger partial charge is 0.484 e. The van der Waals surface area contributed by atoms with Gasteiger partial charge in [-0.1, -0.05) is 16.8 Å². The predicted octanol–water partition coefficient (Wildman–Crippen LogP) is 4.66. The van der Waals surface area contributed by atoms with Crippen molar-refractivity contribution < 1.29 is 18.4 Å². The molecule has 1 unspecified atom stereocenters. The number of carbonyl (C=O) groups is 1. The number of rotatable bonds is 5. The van der Waals surface area contributed by atoms with Gasteiger partial charge in [0, 0.05) is 17.1 Å². The van der Waals surface area contributed by atoms with E-state index in [-0.39, 0.29) is 24.4 Å². The van der Waals surface area contributed by atoms with Crippen LogP contribution in [-0.2, 0) is 4.79 Å². The molecule has 6 nitrogen and oxygen atoms in total. The monoisotopic (exact) mass is 415 g/mol. The zero-order chi connectivity index (χ0) is 20.2. The van der Waals surface area contributed by atoms with Crippen LogP contribution in [0.15, 0.2) is 53.1 Å². The lowest BCUT2D eigenvalue weighted by Gasteiger charge is -2.33. The first kappa shape index (κ1) is 19.4. The molecule has 0 spiro atoms. The maximum Gasteiger partial charge on any atom is 0.261 e. The number of hydrogen-bond acceptors (Lipinski definition) is 5. The van der Waals surface area contributed by atoms with Gasteiger partial charge in [0.05, 0.1) is 0 Å². The van der Waals surface area contributed by atoms with Crippen LogP contribution >= 0.6 is 11.6 Å². The van der Waals surface area contributed by atoms with E-state index in [1.807, 2.05) is 0 Å². The second-order valence-electron chi connectivity index (χ2n) is 6.80. The molecule has 1 fully saturated rings. The number of ether oxygens (including phenoxy) is 1. The molecule has 8 heteroatoms. The molecule has 0 saturated carbocycles. The fourth-order valence-electron chi connectivity index (χ4n) is 3.33. The smallest absolute Gasteiger partial charge is 0.261 e. The van der Waals surface area contributed by atoms with Crippen molar-refractivity contribution in [3.63, 3.8) is 0 Å². The Balaban J connectivity index is 1.46. The molecule has 150 valence electrons. The van der Waals surface area contributed by atoms with Crippen LogP contribution in [0, 0.1) is 5.82 Å². The molecule has 1 atom stereocenters. The van der Waals surface area contributed by atoms with Crippen LogP contribution in [0.4, 0.5) is 4.39 Å². The summed E-state index contributed by atoms with van der Waals surface area (Å²) in [4.78, 5) is 18.9. The van der Waals surface area contributed by atoms with Gasteiger partial charge in [0.15, 0.2) is 6.61 Å². The van der Waals surface area contributed by atoms with Gasteiger partial charge >= 0.3 is 0 Å². The van der Waals surface area contributed by atoms with Gasteiger partial charge in [-0.15, -0.1) is 0 Å². The molecule has 1 saturated heterocycles. The summed E-state index contributed by atoms with van der Waals surface area (Å²) in [5.41, 5.74) is 0.654. The Hall–Kier alpha value is -2.93. The van der Waals surface area contributed by atoms with Gasteiger partial charge in [0.25, 0.3) is 5.91 Å². The van der Waals surface area contributed by atoms with Crippen LogP contribution in [0.5, 0.6) is 5.75 Å². The third-order valence-corrected chi connectivity index (χ3v) is 5.08. The highest BCUT2D eigenvalue weighted by Crippen LogP contribution is 2.31. The molecule has 2 heterocycles. The summed E-state index contributed by atoms with van der Waals surface area (Å²) in [5, 5.41) is 4.60. The van der Waals surface area contributed by atoms with Crippen molar-refractivity contribution in [3.05, 3.63) is 65.3 Å². The summed E-state index contributed by atoms with van der Waals surface area (Å²) in [7, 11) is 0. The van der Waals surface area contributed by atoms with E-state index in [0.717, 1.165) is 19.3 Å². The molecule has 2 aromatic carbocycles. The molecule has 1 amide bonds. The number of nitrogens with zero attached hydrogens (tertiary/aromatic N) is 3. The number of aromatic nitrogens is 2. The summed E-state index contributed by atoms with van der Waals surface area (Å²) in [6.07, 6.45) is 2.60. The molecular formula is C21H19ClFN3O3. The maximum atomic E-state index is 13.1. The first-order chi connectivity index (χ1) is 14.1. The molecule has 0 aliphatic carbocycles. The maximum absolute atomic E-state index is 13.1. The zero-order valence-electron chi connectivity index (χ0n) is 15.6. The summed E-state index contributed by atoms with van der Waals surface area (Å²) in [5.74, 6) is 0.848. The summed E-state index contributed by atoms with van der Waals surface area (Å²) >= 11 is 5.86. The van der Waals surface area contributed by atoms with Crippen molar-refractivity contribution >= 4 is 17.5 Å². The summed E-state index contributed by atoms with van der Waals surface area (Å²) in [6, 6.07) is 12.4. The molecule has 0 bridgehead atoms. The SMILES string of the molecule is O=C(COc1ccc(Cl)cc1)N1CCCCC1c1nc(-c2ccc(F)cc2)no1. The lowest BCUT2D eigenvalue weighted by atomic mass is 10.0. The number of benzene rings is 2. The minimum Gasteiger partial charge on any atom is -0.484 e. The van der Waals surface area contributed by atoms with Gasteiger partial charge in [-0.2, -0.15) is 4.98 Å². The van der Waals surface area contributed by atoms with Crippen LogP contribution in [-0.4, -0.2) is 34.1 Å². The van der Waals surface area contributed by atoms with Gasteiger partial charge in [-0.25, -0.2) is 4.39 Å². The highest BCUT2D eigenvalue weighted by atomic mass is 35.5. The van der Waals surface area contributed by atoms with Gasteiger partial charge in [0.2, 0.25) is 11.7 Å². The Morgan fingerprint density at radius 1 is 1.17 bits per heavy atom. The van der Waals surface area contributed by atoms with E-state index in [1.165, 1.54) is 12.1 Å². The molecule has 1 aliphatic heterocycles. The fourth-order valence-corrected chi connectivity index (χ4v) is 3.46. The third-order valence-electron chi connectivity index (χ3n) is 4.83. The molecule has 1 aliphatic rings. The van der Waals surface area contributed by atoms with Gasteiger partial charge in [-0.3, -0.25) is 4.79 Å². The highest BCUT2D eigenvalue weighted by Gasteiger charge is 2.32. The topological polar surface area (TPSA) is 68.5 Å². The van der Waals surface area contributed by atoms with Crippen molar-refractivity contribution in [2.45, 2.75) is 25.3 Å². The first-order valence-electron chi connectivity index (χ1n) is 9.37. The minimum atomic E-state index is -0.331. The van der Waals surface area contributed by atoms with E-state index in [9.17, 15) is 9.18 Å². The van der Waals surface area contributed by atoms with Crippen molar-refractivity contribution in [2.24, 2.45) is 0 Å². The molecule has 29 heavy (non-hydrogen) atoms. The number of likely N-dealkylation sites (tertiary alicyclic amines) is 1. The van der Waals surface area contributed by atoms with Crippen LogP contribution in [0.25, 0.3) is 11.4 Å². The average Bonchev–Trinajstić information content (AvgIpc) is 3.24. The quantitative estimate of drug-likeness (QED) is 0.606. The second kappa shape index (κ2) is 8.61. The van der Waals surface area contributed by atoms with E-state index in [4.69, 9.17) is 20.9 Å². The van der Waals surface area contributed by atoms with Crippen LogP contribution in [0.2, 0.25) is 5.02 Å². The average molecular weight is 416 g/mol. The third kappa shape index (κ3) is 4.56. The first-order valence-corrected chi connectivity index (χ1v) is 9.75. The van der Waals surface area contributed by atoms with Crippen LogP contribution in [0.3, 0.4) is 0 Å². The molecule has 1 aromatic heterocycles. The zero-order valence-corrected chi connectivity index (χ0v) is 16.3. The Bertz CT molecular complexity index is 976. The van der Waals surface area contributed by atoms with Crippen molar-refractivity contribution in [2.75, 3.05) is 13.2 Å². The lowest BCUT2D eigenvalue weighted by molar-refractivity contribution is -0.138. The van der Waals surface area contributed by atoms with E-state index < -0.39 is 0 Å². The normalized spacial score (nSPS) is 16.6. The van der Waals surface area contributed by atoms with Gasteiger partial charge < -0.3 is 14.2 Å². The van der Waals surface area contributed by atoms with Crippen LogP contribution in [0.1, 0.15) is 31.2 Å². The lowest BCUT2D eigenvalue weighted by Crippen LogP contribution is -2.41. The Labute approximate surface area is 172 Å². The number of halogens is 2. The number of carbonyl (C=O) groups excluding carboxylic acids is 1. The number of hydrogen-bond donors (Lipinski definition) is 0. The Kier molecular flexibility index (Phi) is 5.76. The minimum absolute atomic E-state index is 0.0862. The molecule has 4 rings (SSSR count). The molecule has 3 aromatic rings. The van der Waals surface area contributed by atoms with Gasteiger partial charge in [0.1, 0.15) is 17.6 Å². The van der Waals surface area contributed by atoms with Crippen LogP contribution < -0.4 is 4.74 Å². The number of amides is 1.